The third-order valence-electron chi connectivity index (χ3n) is 3.84. The molecule has 0 spiro atoms. The summed E-state index contributed by atoms with van der Waals surface area (Å²) in [5.41, 5.74) is 1.32. The second-order valence-electron chi connectivity index (χ2n) is 5.46. The Morgan fingerprint density at radius 1 is 1.38 bits per heavy atom. The average Bonchev–Trinajstić information content (AvgIpc) is 2.56. The molecule has 1 heterocycles. The Hall–Kier alpha value is -2.71. The van der Waals surface area contributed by atoms with Crippen molar-refractivity contribution in [3.63, 3.8) is 0 Å². The van der Waals surface area contributed by atoms with Gasteiger partial charge in [-0.15, -0.1) is 0 Å². The molecule has 0 radical (unpaired) electrons. The van der Waals surface area contributed by atoms with Gasteiger partial charge in [0.1, 0.15) is 17.2 Å². The molecule has 0 aliphatic carbocycles. The van der Waals surface area contributed by atoms with Gasteiger partial charge in [-0.2, -0.15) is 0 Å². The van der Waals surface area contributed by atoms with Crippen LogP contribution in [0.4, 0.5) is 5.69 Å². The van der Waals surface area contributed by atoms with Crippen LogP contribution in [0.5, 0.6) is 17.2 Å². The molecule has 0 amide bonds. The standard InChI is InChI=1S/C18H14ClNO4/c1-20-12-2-5-16(15(19)9-12)24-13-3-4-14-11(8-18(21)22)6-7-23-17(14)10-13/h2-5,9-11H,6-8H2,(H,21,22)/t11-/m0/s1. The van der Waals surface area contributed by atoms with Crippen LogP contribution in [0.2, 0.25) is 5.02 Å². The van der Waals surface area contributed by atoms with E-state index >= 15 is 0 Å². The molecule has 2 aromatic carbocycles. The molecule has 3 rings (SSSR count). The van der Waals surface area contributed by atoms with Crippen LogP contribution in [0.15, 0.2) is 36.4 Å². The molecule has 5 nitrogen and oxygen atoms in total. The summed E-state index contributed by atoms with van der Waals surface area (Å²) in [4.78, 5) is 14.3. The summed E-state index contributed by atoms with van der Waals surface area (Å²) >= 11 is 6.12. The quantitative estimate of drug-likeness (QED) is 0.791. The first-order valence-electron chi connectivity index (χ1n) is 7.40. The molecule has 1 N–H and O–H groups in total. The highest BCUT2D eigenvalue weighted by Crippen LogP contribution is 2.40. The van der Waals surface area contributed by atoms with Crippen LogP contribution in [0.25, 0.3) is 4.85 Å². The predicted octanol–water partition coefficient (Wildman–Crippen LogP) is 5.02. The summed E-state index contributed by atoms with van der Waals surface area (Å²) in [5.74, 6) is 0.754. The van der Waals surface area contributed by atoms with E-state index in [4.69, 9.17) is 32.8 Å². The molecule has 0 saturated heterocycles. The van der Waals surface area contributed by atoms with Gasteiger partial charge in [-0.05, 0) is 30.2 Å². The Morgan fingerprint density at radius 2 is 2.21 bits per heavy atom. The second kappa shape index (κ2) is 6.81. The summed E-state index contributed by atoms with van der Waals surface area (Å²) in [6, 6.07) is 10.2. The Labute approximate surface area is 144 Å². The summed E-state index contributed by atoms with van der Waals surface area (Å²) in [6.07, 6.45) is 0.768. The third kappa shape index (κ3) is 3.44. The van der Waals surface area contributed by atoms with E-state index in [1.165, 1.54) is 0 Å². The molecule has 1 aliphatic rings. The van der Waals surface area contributed by atoms with Crippen LogP contribution in [0.1, 0.15) is 24.3 Å². The molecule has 122 valence electrons. The van der Waals surface area contributed by atoms with Crippen LogP contribution in [-0.2, 0) is 4.79 Å². The fourth-order valence-electron chi connectivity index (χ4n) is 2.70. The van der Waals surface area contributed by atoms with Crippen molar-refractivity contribution >= 4 is 23.3 Å². The van der Waals surface area contributed by atoms with Crippen molar-refractivity contribution in [1.82, 2.24) is 0 Å². The highest BCUT2D eigenvalue weighted by molar-refractivity contribution is 6.32. The molecule has 6 heteroatoms. The smallest absolute Gasteiger partial charge is 0.303 e. The van der Waals surface area contributed by atoms with Crippen LogP contribution in [0.3, 0.4) is 0 Å². The average molecular weight is 344 g/mol. The van der Waals surface area contributed by atoms with Crippen molar-refractivity contribution in [2.75, 3.05) is 6.61 Å². The minimum atomic E-state index is -0.820. The monoisotopic (exact) mass is 343 g/mol. The van der Waals surface area contributed by atoms with Crippen molar-refractivity contribution in [3.8, 4) is 17.2 Å². The number of ether oxygens (including phenoxy) is 2. The second-order valence-corrected chi connectivity index (χ2v) is 5.87. The molecule has 0 bridgehead atoms. The van der Waals surface area contributed by atoms with Crippen molar-refractivity contribution < 1.29 is 19.4 Å². The molecular formula is C18H14ClNO4. The summed E-state index contributed by atoms with van der Waals surface area (Å²) in [5, 5.41) is 9.37. The molecule has 24 heavy (non-hydrogen) atoms. The van der Waals surface area contributed by atoms with Crippen molar-refractivity contribution in [3.05, 3.63) is 58.4 Å². The SMILES string of the molecule is [C-]#[N+]c1ccc(Oc2ccc3c(c2)OCC[C@H]3CC(=O)O)c(Cl)c1. The van der Waals surface area contributed by atoms with Gasteiger partial charge in [0.15, 0.2) is 5.69 Å². The van der Waals surface area contributed by atoms with Gasteiger partial charge in [-0.25, -0.2) is 4.85 Å². The number of aliphatic carboxylic acids is 1. The molecule has 0 unspecified atom stereocenters. The fourth-order valence-corrected chi connectivity index (χ4v) is 2.91. The van der Waals surface area contributed by atoms with Gasteiger partial charge in [-0.3, -0.25) is 4.79 Å². The van der Waals surface area contributed by atoms with Crippen LogP contribution in [-0.4, -0.2) is 17.7 Å². The Kier molecular flexibility index (Phi) is 4.59. The first-order valence-corrected chi connectivity index (χ1v) is 7.78. The Balaban J connectivity index is 1.84. The normalized spacial score (nSPS) is 15.8. The number of hydrogen-bond acceptors (Lipinski definition) is 3. The van der Waals surface area contributed by atoms with Crippen LogP contribution < -0.4 is 9.47 Å². The summed E-state index contributed by atoms with van der Waals surface area (Å²) in [6.45, 7) is 7.45. The van der Waals surface area contributed by atoms with Gasteiger partial charge in [0.25, 0.3) is 0 Å². The number of hydrogen-bond donors (Lipinski definition) is 1. The summed E-state index contributed by atoms with van der Waals surface area (Å²) < 4.78 is 11.4. The third-order valence-corrected chi connectivity index (χ3v) is 4.14. The lowest BCUT2D eigenvalue weighted by Gasteiger charge is -2.25. The molecule has 0 aromatic heterocycles. The van der Waals surface area contributed by atoms with Gasteiger partial charge in [0, 0.05) is 12.0 Å². The lowest BCUT2D eigenvalue weighted by atomic mass is 9.90. The molecular weight excluding hydrogens is 330 g/mol. The zero-order valence-electron chi connectivity index (χ0n) is 12.7. The maximum absolute atomic E-state index is 11.0. The number of nitrogens with zero attached hydrogens (tertiary/aromatic N) is 1. The molecule has 0 fully saturated rings. The zero-order valence-corrected chi connectivity index (χ0v) is 13.4. The number of rotatable bonds is 4. The number of carbonyl (C=O) groups is 1. The maximum Gasteiger partial charge on any atom is 0.303 e. The van der Waals surface area contributed by atoms with E-state index in [0.29, 0.717) is 41.0 Å². The Bertz CT molecular complexity index is 828. The highest BCUT2D eigenvalue weighted by atomic mass is 35.5. The topological polar surface area (TPSA) is 60.1 Å². The van der Waals surface area contributed by atoms with Crippen LogP contribution in [0, 0.1) is 6.57 Å². The predicted molar refractivity (Wildman–Crippen MR) is 89.3 cm³/mol. The zero-order chi connectivity index (χ0) is 17.1. The van der Waals surface area contributed by atoms with Crippen molar-refractivity contribution in [2.45, 2.75) is 18.8 Å². The van der Waals surface area contributed by atoms with Crippen LogP contribution >= 0.6 is 11.6 Å². The number of halogens is 1. The van der Waals surface area contributed by atoms with Gasteiger partial charge in [0.05, 0.1) is 24.6 Å². The molecule has 1 atom stereocenters. The summed E-state index contributed by atoms with van der Waals surface area (Å²) in [7, 11) is 0. The van der Waals surface area contributed by atoms with E-state index in [1.807, 2.05) is 6.07 Å². The first kappa shape index (κ1) is 16.2. The molecule has 2 aromatic rings. The van der Waals surface area contributed by atoms with E-state index in [-0.39, 0.29) is 12.3 Å². The van der Waals surface area contributed by atoms with Crippen molar-refractivity contribution in [2.24, 2.45) is 0 Å². The lowest BCUT2D eigenvalue weighted by Crippen LogP contribution is -2.16. The highest BCUT2D eigenvalue weighted by Gasteiger charge is 2.24. The number of benzene rings is 2. The molecule has 1 aliphatic heterocycles. The van der Waals surface area contributed by atoms with E-state index in [1.54, 1.807) is 30.3 Å². The largest absolute Gasteiger partial charge is 0.493 e. The minimum Gasteiger partial charge on any atom is -0.493 e. The van der Waals surface area contributed by atoms with Gasteiger partial charge < -0.3 is 14.6 Å². The van der Waals surface area contributed by atoms with Crippen molar-refractivity contribution in [1.29, 1.82) is 0 Å². The van der Waals surface area contributed by atoms with Gasteiger partial charge in [-0.1, -0.05) is 23.7 Å². The van der Waals surface area contributed by atoms with E-state index < -0.39 is 5.97 Å². The van der Waals surface area contributed by atoms with E-state index in [2.05, 4.69) is 4.85 Å². The lowest BCUT2D eigenvalue weighted by molar-refractivity contribution is -0.137. The van der Waals surface area contributed by atoms with Gasteiger partial charge >= 0.3 is 5.97 Å². The minimum absolute atomic E-state index is 0.0539. The number of carboxylic acid groups (broad SMARTS) is 1. The van der Waals surface area contributed by atoms with Gasteiger partial charge in [0.2, 0.25) is 0 Å². The number of fused-ring (bicyclic) bond motifs is 1. The van der Waals surface area contributed by atoms with E-state index in [0.717, 1.165) is 5.56 Å². The maximum atomic E-state index is 11.0. The Morgan fingerprint density at radius 3 is 2.92 bits per heavy atom. The fraction of sp³-hybridized carbons (Fsp3) is 0.222. The van der Waals surface area contributed by atoms with E-state index in [9.17, 15) is 4.79 Å². The molecule has 0 saturated carbocycles. The first-order chi connectivity index (χ1) is 11.6. The number of carboxylic acids is 1.